The average Bonchev–Trinajstić information content (AvgIpc) is 2.81. The maximum atomic E-state index is 2.67. The third-order valence-electron chi connectivity index (χ3n) is 9.76. The molecule has 0 radical (unpaired) electrons. The van der Waals surface area contributed by atoms with Crippen molar-refractivity contribution >= 4 is 22.8 Å². The molecule has 0 aliphatic carbocycles. The summed E-state index contributed by atoms with van der Waals surface area (Å²) in [4.78, 5) is 0. The molecule has 1 aliphatic heterocycles. The van der Waals surface area contributed by atoms with E-state index in [0.29, 0.717) is 11.8 Å². The van der Waals surface area contributed by atoms with Crippen molar-refractivity contribution in [2.75, 3.05) is 6.67 Å². The zero-order valence-corrected chi connectivity index (χ0v) is 25.9. The van der Waals surface area contributed by atoms with Gasteiger partial charge in [-0.05, 0) is 121 Å². The first-order valence-corrected chi connectivity index (χ1v) is 14.0. The smallest absolute Gasteiger partial charge is 0.141 e. The van der Waals surface area contributed by atoms with Gasteiger partial charge in [0.25, 0.3) is 0 Å². The Balaban J connectivity index is 2.41. The number of hydrogen-bond acceptors (Lipinski definition) is 0. The van der Waals surface area contributed by atoms with Gasteiger partial charge in [0.05, 0.1) is 0 Å². The lowest BCUT2D eigenvalue weighted by molar-refractivity contribution is -0.655. The third kappa shape index (κ3) is 4.98. The molecular weight excluding hydrogens is 436 g/mol. The molecule has 2 aromatic carbocycles. The van der Waals surface area contributed by atoms with Crippen molar-refractivity contribution < 1.29 is 9.15 Å². The molecule has 2 nitrogen and oxygen atoms in total. The van der Waals surface area contributed by atoms with Crippen LogP contribution in [0.4, 0.5) is 11.4 Å². The molecule has 1 aliphatic rings. The van der Waals surface area contributed by atoms with Gasteiger partial charge in [-0.3, -0.25) is 0 Å². The fourth-order valence-electron chi connectivity index (χ4n) is 6.76. The van der Waals surface area contributed by atoms with Crippen molar-refractivity contribution in [3.05, 3.63) is 55.6 Å². The second kappa shape index (κ2) is 10.6. The Bertz CT molecular complexity index is 1110. The van der Waals surface area contributed by atoms with Crippen LogP contribution < -0.4 is 0 Å². The molecule has 2 heteroatoms. The monoisotopic (exact) mass is 488 g/mol. The van der Waals surface area contributed by atoms with Crippen LogP contribution in [-0.4, -0.2) is 27.2 Å². The van der Waals surface area contributed by atoms with E-state index in [0.717, 1.165) is 19.5 Å². The van der Waals surface area contributed by atoms with Crippen molar-refractivity contribution in [1.29, 1.82) is 0 Å². The molecular formula is C34H52N2+2. The van der Waals surface area contributed by atoms with Crippen molar-refractivity contribution in [3.8, 4) is 0 Å². The molecule has 0 fully saturated rings. The minimum atomic E-state index is 0.683. The predicted molar refractivity (Wildman–Crippen MR) is 159 cm³/mol. The zero-order valence-electron chi connectivity index (χ0n) is 25.9. The molecule has 1 heterocycles. The molecule has 0 spiro atoms. The fraction of sp³-hybridized carbons (Fsp3) is 0.588. The Morgan fingerprint density at radius 2 is 0.667 bits per heavy atom. The van der Waals surface area contributed by atoms with Gasteiger partial charge in [-0.15, -0.1) is 9.15 Å². The van der Waals surface area contributed by atoms with E-state index >= 15 is 0 Å². The Labute approximate surface area is 222 Å². The molecule has 2 atom stereocenters. The van der Waals surface area contributed by atoms with E-state index in [1.807, 2.05) is 0 Å². The van der Waals surface area contributed by atoms with E-state index in [-0.39, 0.29) is 0 Å². The highest BCUT2D eigenvalue weighted by molar-refractivity contribution is 5.81. The van der Waals surface area contributed by atoms with E-state index in [9.17, 15) is 0 Å². The molecule has 0 amide bonds. The molecule has 36 heavy (non-hydrogen) atoms. The summed E-state index contributed by atoms with van der Waals surface area (Å²) in [6, 6.07) is 0. The first-order valence-electron chi connectivity index (χ1n) is 14.0. The summed E-state index contributed by atoms with van der Waals surface area (Å²) in [5, 5.41) is 0. The van der Waals surface area contributed by atoms with Crippen LogP contribution in [0.2, 0.25) is 0 Å². The lowest BCUT2D eigenvalue weighted by Crippen LogP contribution is -2.31. The second-order valence-corrected chi connectivity index (χ2v) is 12.3. The van der Waals surface area contributed by atoms with Gasteiger partial charge in [0, 0.05) is 48.9 Å². The van der Waals surface area contributed by atoms with Crippen molar-refractivity contribution in [1.82, 2.24) is 0 Å². The minimum Gasteiger partial charge on any atom is -0.141 e. The minimum absolute atomic E-state index is 0.683. The van der Waals surface area contributed by atoms with Crippen LogP contribution in [0, 0.1) is 81.1 Å². The SMILES string of the molecule is C/C1=[N+](\c2c(C)c(C)c(C)c(C)c2C)C/[N+](c2c(C)c(C)c(C)c(C)c2C)=C(/C)CC(C)CC(C)C1. The number of rotatable bonds is 2. The predicted octanol–water partition coefficient (Wildman–Crippen LogP) is 9.09. The molecule has 0 saturated heterocycles. The zero-order chi connectivity index (χ0) is 27.2. The lowest BCUT2D eigenvalue weighted by Gasteiger charge is -2.23. The third-order valence-corrected chi connectivity index (χ3v) is 9.76. The van der Waals surface area contributed by atoms with Gasteiger partial charge in [0.1, 0.15) is 0 Å². The topological polar surface area (TPSA) is 6.02 Å². The lowest BCUT2D eigenvalue weighted by atomic mass is 9.88. The van der Waals surface area contributed by atoms with Gasteiger partial charge < -0.3 is 0 Å². The molecule has 0 aromatic heterocycles. The van der Waals surface area contributed by atoms with Gasteiger partial charge in [-0.2, -0.15) is 0 Å². The summed E-state index contributed by atoms with van der Waals surface area (Å²) in [6.45, 7) is 33.6. The van der Waals surface area contributed by atoms with Gasteiger partial charge in [0.15, 0.2) is 11.4 Å². The summed E-state index contributed by atoms with van der Waals surface area (Å²) in [5.74, 6) is 1.37. The Kier molecular flexibility index (Phi) is 8.38. The van der Waals surface area contributed by atoms with E-state index in [4.69, 9.17) is 0 Å². The van der Waals surface area contributed by atoms with Crippen LogP contribution >= 0.6 is 0 Å². The molecule has 0 bridgehead atoms. The highest BCUT2D eigenvalue weighted by atomic mass is 15.2. The molecule has 0 saturated carbocycles. The summed E-state index contributed by atoms with van der Waals surface area (Å²) in [5.41, 5.74) is 20.1. The van der Waals surface area contributed by atoms with Gasteiger partial charge >= 0.3 is 6.67 Å². The number of benzene rings is 2. The van der Waals surface area contributed by atoms with E-state index in [1.54, 1.807) is 0 Å². The average molecular weight is 489 g/mol. The van der Waals surface area contributed by atoms with E-state index in [2.05, 4.69) is 106 Å². The van der Waals surface area contributed by atoms with Crippen LogP contribution in [0.3, 0.4) is 0 Å². The first kappa shape index (κ1) is 28.4. The molecule has 2 aromatic rings. The Morgan fingerprint density at radius 1 is 0.417 bits per heavy atom. The highest BCUT2D eigenvalue weighted by Gasteiger charge is 2.33. The van der Waals surface area contributed by atoms with Crippen LogP contribution in [0.15, 0.2) is 0 Å². The Morgan fingerprint density at radius 3 is 0.944 bits per heavy atom. The summed E-state index contributed by atoms with van der Waals surface area (Å²) >= 11 is 0. The fourth-order valence-corrected chi connectivity index (χ4v) is 6.76. The van der Waals surface area contributed by atoms with E-state index in [1.165, 1.54) is 84.9 Å². The summed E-state index contributed by atoms with van der Waals surface area (Å²) in [7, 11) is 0. The van der Waals surface area contributed by atoms with Gasteiger partial charge in [0.2, 0.25) is 11.4 Å². The number of hydrogen-bond donors (Lipinski definition) is 0. The maximum Gasteiger partial charge on any atom is 0.344 e. The second-order valence-electron chi connectivity index (χ2n) is 12.3. The first-order chi connectivity index (χ1) is 16.7. The highest BCUT2D eigenvalue weighted by Crippen LogP contribution is 2.37. The Hall–Kier alpha value is -2.22. The van der Waals surface area contributed by atoms with Gasteiger partial charge in [-0.25, -0.2) is 0 Å². The summed E-state index contributed by atoms with van der Waals surface area (Å²) < 4.78 is 5.34. The maximum absolute atomic E-state index is 2.67. The van der Waals surface area contributed by atoms with Crippen LogP contribution in [0.5, 0.6) is 0 Å². The van der Waals surface area contributed by atoms with Crippen molar-refractivity contribution in [2.24, 2.45) is 11.8 Å². The summed E-state index contributed by atoms with van der Waals surface area (Å²) in [6.07, 6.45) is 3.56. The van der Waals surface area contributed by atoms with Crippen molar-refractivity contribution in [3.63, 3.8) is 0 Å². The molecule has 3 rings (SSSR count). The molecule has 2 unspecified atom stereocenters. The standard InChI is InChI=1S/C34H52N2/c1-19-15-20(2)17-22(4)36(34-31(13)27(9)24(6)28(10)32(34)14)18-35(21(3)16-19)33-29(11)25(7)23(5)26(8)30(33)12/h19-20H,15-18H2,1-14H3/q+2/b35-21+,36-22+. The number of nitrogens with zero attached hydrogens (tertiary/aromatic N) is 2. The van der Waals surface area contributed by atoms with E-state index < -0.39 is 0 Å². The quantitative estimate of drug-likeness (QED) is 0.372. The molecule has 196 valence electrons. The van der Waals surface area contributed by atoms with Crippen LogP contribution in [0.25, 0.3) is 0 Å². The normalized spacial score (nSPS) is 23.8. The van der Waals surface area contributed by atoms with Gasteiger partial charge in [-0.1, -0.05) is 13.8 Å². The molecule has 0 N–H and O–H groups in total. The van der Waals surface area contributed by atoms with Crippen LogP contribution in [-0.2, 0) is 0 Å². The largest absolute Gasteiger partial charge is 0.344 e. The van der Waals surface area contributed by atoms with Crippen molar-refractivity contribution in [2.45, 2.75) is 116 Å². The van der Waals surface area contributed by atoms with Crippen LogP contribution in [0.1, 0.15) is 103 Å².